The van der Waals surface area contributed by atoms with Crippen molar-refractivity contribution in [3.8, 4) is 0 Å². The molecule has 1 heterocycles. The maximum absolute atomic E-state index is 11.9. The van der Waals surface area contributed by atoms with Gasteiger partial charge in [-0.05, 0) is 19.5 Å². The predicted octanol–water partition coefficient (Wildman–Crippen LogP) is 1.96. The van der Waals surface area contributed by atoms with E-state index >= 15 is 0 Å². The maximum Gasteiger partial charge on any atom is 0.410 e. The third-order valence-corrected chi connectivity index (χ3v) is 3.42. The fourth-order valence-corrected chi connectivity index (χ4v) is 2.02. The van der Waals surface area contributed by atoms with Crippen molar-refractivity contribution in [3.05, 3.63) is 35.9 Å². The number of hydrogen-bond acceptors (Lipinski definition) is 3. The van der Waals surface area contributed by atoms with Crippen molar-refractivity contribution in [1.82, 2.24) is 9.80 Å². The SMILES string of the molecule is C[C@H]1CN(C(=O)OCc2ccccc2)CCN1C. The summed E-state index contributed by atoms with van der Waals surface area (Å²) in [5.41, 5.74) is 1.02. The first kappa shape index (κ1) is 12.9. The lowest BCUT2D eigenvalue weighted by Gasteiger charge is -2.36. The summed E-state index contributed by atoms with van der Waals surface area (Å²) >= 11 is 0. The number of piperazine rings is 1. The molecule has 0 saturated carbocycles. The standard InChI is InChI=1S/C14H20N2O2/c1-12-10-16(9-8-15(12)2)14(17)18-11-13-6-4-3-5-7-13/h3-7,12H,8-11H2,1-2H3/t12-/m0/s1. The smallest absolute Gasteiger partial charge is 0.410 e. The van der Waals surface area contributed by atoms with E-state index in [1.54, 1.807) is 4.90 Å². The van der Waals surface area contributed by atoms with Gasteiger partial charge in [0.05, 0.1) is 0 Å². The van der Waals surface area contributed by atoms with Crippen LogP contribution in [0.2, 0.25) is 0 Å². The molecule has 1 aliphatic rings. The highest BCUT2D eigenvalue weighted by Crippen LogP contribution is 2.09. The van der Waals surface area contributed by atoms with Crippen LogP contribution in [-0.2, 0) is 11.3 Å². The van der Waals surface area contributed by atoms with E-state index in [0.717, 1.165) is 25.2 Å². The second kappa shape index (κ2) is 5.87. The molecule has 1 amide bonds. The summed E-state index contributed by atoms with van der Waals surface area (Å²) in [7, 11) is 2.08. The minimum atomic E-state index is -0.209. The Balaban J connectivity index is 1.82. The average Bonchev–Trinajstić information content (AvgIpc) is 2.40. The summed E-state index contributed by atoms with van der Waals surface area (Å²) < 4.78 is 5.32. The van der Waals surface area contributed by atoms with E-state index in [-0.39, 0.29) is 6.09 Å². The number of rotatable bonds is 2. The molecule has 0 unspecified atom stereocenters. The molecule has 4 nitrogen and oxygen atoms in total. The molecule has 1 aliphatic heterocycles. The normalized spacial score (nSPS) is 20.8. The average molecular weight is 248 g/mol. The van der Waals surface area contributed by atoms with Gasteiger partial charge in [0.1, 0.15) is 6.61 Å². The van der Waals surface area contributed by atoms with Crippen LogP contribution in [0.5, 0.6) is 0 Å². The minimum absolute atomic E-state index is 0.209. The van der Waals surface area contributed by atoms with Crippen LogP contribution in [0.1, 0.15) is 12.5 Å². The van der Waals surface area contributed by atoms with Crippen LogP contribution < -0.4 is 0 Å². The van der Waals surface area contributed by atoms with Crippen molar-refractivity contribution in [3.63, 3.8) is 0 Å². The van der Waals surface area contributed by atoms with E-state index in [4.69, 9.17) is 4.74 Å². The highest BCUT2D eigenvalue weighted by atomic mass is 16.6. The second-order valence-electron chi connectivity index (χ2n) is 4.82. The molecule has 0 spiro atoms. The molecule has 98 valence electrons. The summed E-state index contributed by atoms with van der Waals surface area (Å²) in [4.78, 5) is 15.9. The highest BCUT2D eigenvalue weighted by molar-refractivity contribution is 5.67. The Morgan fingerprint density at radius 3 is 2.72 bits per heavy atom. The fraction of sp³-hybridized carbons (Fsp3) is 0.500. The van der Waals surface area contributed by atoms with E-state index in [0.29, 0.717) is 12.6 Å². The van der Waals surface area contributed by atoms with Crippen LogP contribution in [0.4, 0.5) is 4.79 Å². The molecule has 0 aliphatic carbocycles. The Morgan fingerprint density at radius 2 is 2.06 bits per heavy atom. The topological polar surface area (TPSA) is 32.8 Å². The van der Waals surface area contributed by atoms with Gasteiger partial charge in [-0.1, -0.05) is 30.3 Å². The number of amides is 1. The van der Waals surface area contributed by atoms with Crippen molar-refractivity contribution < 1.29 is 9.53 Å². The summed E-state index contributed by atoms with van der Waals surface area (Å²) in [5.74, 6) is 0. The van der Waals surface area contributed by atoms with E-state index in [1.165, 1.54) is 0 Å². The van der Waals surface area contributed by atoms with Gasteiger partial charge < -0.3 is 14.5 Å². The molecule has 1 aromatic carbocycles. The molecule has 1 aromatic rings. The van der Waals surface area contributed by atoms with Crippen molar-refractivity contribution in [1.29, 1.82) is 0 Å². The predicted molar refractivity (Wildman–Crippen MR) is 70.3 cm³/mol. The summed E-state index contributed by atoms with van der Waals surface area (Å²) in [5, 5.41) is 0. The van der Waals surface area contributed by atoms with Crippen LogP contribution in [-0.4, -0.2) is 48.6 Å². The fourth-order valence-electron chi connectivity index (χ4n) is 2.02. The van der Waals surface area contributed by atoms with Gasteiger partial charge in [-0.2, -0.15) is 0 Å². The lowest BCUT2D eigenvalue weighted by atomic mass is 10.2. The summed E-state index contributed by atoms with van der Waals surface area (Å²) in [6.45, 7) is 4.86. The van der Waals surface area contributed by atoms with E-state index in [9.17, 15) is 4.79 Å². The first-order chi connectivity index (χ1) is 8.66. The molecule has 2 rings (SSSR count). The molecular weight excluding hydrogens is 228 g/mol. The zero-order valence-corrected chi connectivity index (χ0v) is 11.0. The molecule has 0 radical (unpaired) electrons. The molecule has 18 heavy (non-hydrogen) atoms. The summed E-state index contributed by atoms with van der Waals surface area (Å²) in [6.07, 6.45) is -0.209. The first-order valence-electron chi connectivity index (χ1n) is 6.32. The largest absolute Gasteiger partial charge is 0.445 e. The maximum atomic E-state index is 11.9. The van der Waals surface area contributed by atoms with Crippen LogP contribution >= 0.6 is 0 Å². The van der Waals surface area contributed by atoms with Crippen LogP contribution in [0.25, 0.3) is 0 Å². The van der Waals surface area contributed by atoms with Crippen molar-refractivity contribution in [2.45, 2.75) is 19.6 Å². The van der Waals surface area contributed by atoms with Gasteiger partial charge in [0.25, 0.3) is 0 Å². The molecule has 0 aromatic heterocycles. The van der Waals surface area contributed by atoms with E-state index < -0.39 is 0 Å². The third kappa shape index (κ3) is 3.23. The second-order valence-corrected chi connectivity index (χ2v) is 4.82. The Bertz CT molecular complexity index is 394. The van der Waals surface area contributed by atoms with Crippen molar-refractivity contribution in [2.24, 2.45) is 0 Å². The van der Waals surface area contributed by atoms with Gasteiger partial charge in [0.2, 0.25) is 0 Å². The lowest BCUT2D eigenvalue weighted by Crippen LogP contribution is -2.52. The quantitative estimate of drug-likeness (QED) is 0.802. The Hall–Kier alpha value is -1.55. The van der Waals surface area contributed by atoms with Gasteiger partial charge in [-0.25, -0.2) is 4.79 Å². The molecule has 1 fully saturated rings. The van der Waals surface area contributed by atoms with Crippen LogP contribution in [0.3, 0.4) is 0 Å². The number of carbonyl (C=O) groups excluding carboxylic acids is 1. The van der Waals surface area contributed by atoms with Crippen molar-refractivity contribution in [2.75, 3.05) is 26.7 Å². The monoisotopic (exact) mass is 248 g/mol. The molecular formula is C14H20N2O2. The van der Waals surface area contributed by atoms with Crippen LogP contribution in [0.15, 0.2) is 30.3 Å². The first-order valence-corrected chi connectivity index (χ1v) is 6.32. The number of benzene rings is 1. The van der Waals surface area contributed by atoms with Crippen LogP contribution in [0, 0.1) is 0 Å². The van der Waals surface area contributed by atoms with Gasteiger partial charge in [-0.15, -0.1) is 0 Å². The van der Waals surface area contributed by atoms with E-state index in [2.05, 4.69) is 18.9 Å². The number of ether oxygens (including phenoxy) is 1. The number of carbonyl (C=O) groups is 1. The summed E-state index contributed by atoms with van der Waals surface area (Å²) in [6, 6.07) is 10.2. The molecule has 4 heteroatoms. The molecule has 0 N–H and O–H groups in total. The van der Waals surface area contributed by atoms with E-state index in [1.807, 2.05) is 30.3 Å². The Morgan fingerprint density at radius 1 is 1.33 bits per heavy atom. The molecule has 1 saturated heterocycles. The minimum Gasteiger partial charge on any atom is -0.445 e. The third-order valence-electron chi connectivity index (χ3n) is 3.42. The number of nitrogens with zero attached hydrogens (tertiary/aromatic N) is 2. The highest BCUT2D eigenvalue weighted by Gasteiger charge is 2.25. The zero-order chi connectivity index (χ0) is 13.0. The molecule has 0 bridgehead atoms. The van der Waals surface area contributed by atoms with Gasteiger partial charge >= 0.3 is 6.09 Å². The van der Waals surface area contributed by atoms with Gasteiger partial charge in [0, 0.05) is 25.7 Å². The number of likely N-dealkylation sites (N-methyl/N-ethyl adjacent to an activating group) is 1. The number of hydrogen-bond donors (Lipinski definition) is 0. The zero-order valence-electron chi connectivity index (χ0n) is 11.0. The van der Waals surface area contributed by atoms with Crippen molar-refractivity contribution >= 4 is 6.09 Å². The molecule has 1 atom stereocenters. The van der Waals surface area contributed by atoms with Gasteiger partial charge in [0.15, 0.2) is 0 Å². The lowest BCUT2D eigenvalue weighted by molar-refractivity contribution is 0.0606. The Kier molecular flexibility index (Phi) is 4.20. The Labute approximate surface area is 108 Å². The van der Waals surface area contributed by atoms with Gasteiger partial charge in [-0.3, -0.25) is 0 Å².